The van der Waals surface area contributed by atoms with Crippen LogP contribution in [0.4, 0.5) is 10.8 Å². The summed E-state index contributed by atoms with van der Waals surface area (Å²) in [6.45, 7) is 5.19. The van der Waals surface area contributed by atoms with Crippen molar-refractivity contribution in [2.45, 2.75) is 37.6 Å². The molecule has 0 atom stereocenters. The van der Waals surface area contributed by atoms with Gasteiger partial charge in [-0.15, -0.1) is 0 Å². The summed E-state index contributed by atoms with van der Waals surface area (Å²) in [5.41, 5.74) is 5.01. The van der Waals surface area contributed by atoms with Crippen LogP contribution in [0, 0.1) is 0 Å². The quantitative estimate of drug-likeness (QED) is 0.725. The van der Waals surface area contributed by atoms with Gasteiger partial charge in [0.25, 0.3) is 0 Å². The fourth-order valence-corrected chi connectivity index (χ4v) is 4.17. The molecule has 1 heterocycles. The van der Waals surface area contributed by atoms with Gasteiger partial charge in [-0.1, -0.05) is 6.92 Å². The fraction of sp³-hybridized carbons (Fsp3) is 0.700. The van der Waals surface area contributed by atoms with Crippen molar-refractivity contribution in [1.29, 1.82) is 0 Å². The van der Waals surface area contributed by atoms with Crippen molar-refractivity contribution in [2.24, 2.45) is 0 Å². The summed E-state index contributed by atoms with van der Waals surface area (Å²) in [7, 11) is -3.43. The number of aromatic nitrogens is 1. The van der Waals surface area contributed by atoms with Crippen molar-refractivity contribution in [3.05, 3.63) is 0 Å². The number of hydrogen-bond acceptors (Lipinski definition) is 7. The lowest BCUT2D eigenvalue weighted by atomic mass is 10.1. The Morgan fingerprint density at radius 3 is 2.61 bits per heavy atom. The van der Waals surface area contributed by atoms with Crippen LogP contribution in [0.15, 0.2) is 4.90 Å². The molecule has 0 saturated heterocycles. The van der Waals surface area contributed by atoms with E-state index < -0.39 is 15.4 Å². The van der Waals surface area contributed by atoms with Crippen LogP contribution in [0.1, 0.15) is 27.2 Å². The van der Waals surface area contributed by atoms with Gasteiger partial charge in [-0.05, 0) is 31.8 Å². The van der Waals surface area contributed by atoms with Gasteiger partial charge < -0.3 is 16.2 Å². The van der Waals surface area contributed by atoms with E-state index in [2.05, 4.69) is 9.69 Å². The summed E-state index contributed by atoms with van der Waals surface area (Å²) in [6.07, 6.45) is 0.514. The first-order valence-electron chi connectivity index (χ1n) is 5.60. The average molecular weight is 293 g/mol. The summed E-state index contributed by atoms with van der Waals surface area (Å²) >= 11 is 0.995. The van der Waals surface area contributed by atoms with Crippen molar-refractivity contribution < 1.29 is 13.5 Å². The zero-order chi connectivity index (χ0) is 14.0. The second kappa shape index (κ2) is 5.41. The fourth-order valence-electron chi connectivity index (χ4n) is 1.39. The highest BCUT2D eigenvalue weighted by molar-refractivity contribution is 7.91. The highest BCUT2D eigenvalue weighted by atomic mass is 32.2. The molecule has 0 aliphatic carbocycles. The standard InChI is InChI=1S/C10H19N3O3S2/c1-4-5-18(15,16)7-8(11)13-17-9(7)12-10(2,3)6-14/h12,14H,4-6H2,1-3H3,(H2,11,13). The number of sulfone groups is 1. The van der Waals surface area contributed by atoms with Crippen LogP contribution in [-0.2, 0) is 9.84 Å². The van der Waals surface area contributed by atoms with Gasteiger partial charge in [0.15, 0.2) is 15.7 Å². The van der Waals surface area contributed by atoms with Crippen molar-refractivity contribution in [3.8, 4) is 0 Å². The number of aliphatic hydroxyl groups excluding tert-OH is 1. The molecular weight excluding hydrogens is 274 g/mol. The second-order valence-electron chi connectivity index (χ2n) is 4.71. The number of nitrogens with two attached hydrogens (primary N) is 1. The number of aliphatic hydroxyl groups is 1. The smallest absolute Gasteiger partial charge is 0.185 e. The Bertz CT molecular complexity index is 508. The minimum Gasteiger partial charge on any atom is -0.394 e. The van der Waals surface area contributed by atoms with Gasteiger partial charge in [-0.2, -0.15) is 4.37 Å². The molecule has 1 aromatic rings. The van der Waals surface area contributed by atoms with Crippen molar-refractivity contribution in [1.82, 2.24) is 4.37 Å². The van der Waals surface area contributed by atoms with Crippen molar-refractivity contribution in [3.63, 3.8) is 0 Å². The van der Waals surface area contributed by atoms with Crippen LogP contribution >= 0.6 is 11.5 Å². The van der Waals surface area contributed by atoms with Crippen LogP contribution < -0.4 is 11.1 Å². The van der Waals surface area contributed by atoms with E-state index in [4.69, 9.17) is 5.73 Å². The van der Waals surface area contributed by atoms with Crippen LogP contribution in [0.2, 0.25) is 0 Å². The number of anilines is 2. The number of rotatable bonds is 6. The van der Waals surface area contributed by atoms with E-state index in [9.17, 15) is 13.5 Å². The molecule has 1 rings (SSSR count). The first kappa shape index (κ1) is 15.2. The van der Waals surface area contributed by atoms with Gasteiger partial charge in [-0.25, -0.2) is 8.42 Å². The van der Waals surface area contributed by atoms with E-state index in [1.54, 1.807) is 20.8 Å². The molecule has 8 heteroatoms. The highest BCUT2D eigenvalue weighted by Crippen LogP contribution is 2.34. The molecule has 1 aromatic heterocycles. The Balaban J connectivity index is 3.18. The van der Waals surface area contributed by atoms with Crippen molar-refractivity contribution >= 4 is 32.2 Å². The summed E-state index contributed by atoms with van der Waals surface area (Å²) in [6, 6.07) is 0. The predicted octanol–water partition coefficient (Wildman–Crippen LogP) is 1.09. The molecule has 0 bridgehead atoms. The highest BCUT2D eigenvalue weighted by Gasteiger charge is 2.28. The molecule has 0 saturated carbocycles. The summed E-state index contributed by atoms with van der Waals surface area (Å²) in [5.74, 6) is 0.0498. The number of hydrogen-bond donors (Lipinski definition) is 3. The lowest BCUT2D eigenvalue weighted by molar-refractivity contribution is 0.234. The minimum absolute atomic E-state index is 0.0182. The lowest BCUT2D eigenvalue weighted by Crippen LogP contribution is -2.35. The molecule has 104 valence electrons. The first-order chi connectivity index (χ1) is 8.23. The van der Waals surface area contributed by atoms with E-state index in [1.165, 1.54) is 0 Å². The molecule has 18 heavy (non-hydrogen) atoms. The SMILES string of the molecule is CCCS(=O)(=O)c1c(N)nsc1NC(C)(C)CO. The van der Waals surface area contributed by atoms with Gasteiger partial charge in [0.2, 0.25) is 0 Å². The molecule has 0 aromatic carbocycles. The number of nitrogens with one attached hydrogen (secondary N) is 1. The maximum Gasteiger partial charge on any atom is 0.185 e. The van der Waals surface area contributed by atoms with Crippen LogP contribution in [-0.4, -0.2) is 35.8 Å². The van der Waals surface area contributed by atoms with E-state index in [1.807, 2.05) is 0 Å². The zero-order valence-electron chi connectivity index (χ0n) is 10.7. The van der Waals surface area contributed by atoms with E-state index in [-0.39, 0.29) is 23.1 Å². The largest absolute Gasteiger partial charge is 0.394 e. The number of nitrogens with zero attached hydrogens (tertiary/aromatic N) is 1. The first-order valence-corrected chi connectivity index (χ1v) is 8.03. The normalized spacial score (nSPS) is 12.7. The predicted molar refractivity (Wildman–Crippen MR) is 73.7 cm³/mol. The Hall–Kier alpha value is -0.860. The molecule has 0 spiro atoms. The molecule has 6 nitrogen and oxygen atoms in total. The van der Waals surface area contributed by atoms with Gasteiger partial charge in [0, 0.05) is 0 Å². The number of nitrogen functional groups attached to an aromatic ring is 1. The Morgan fingerprint density at radius 1 is 1.50 bits per heavy atom. The van der Waals surface area contributed by atoms with Gasteiger partial charge in [-0.3, -0.25) is 0 Å². The molecule has 0 aliphatic rings. The van der Waals surface area contributed by atoms with Crippen molar-refractivity contribution in [2.75, 3.05) is 23.4 Å². The van der Waals surface area contributed by atoms with Crippen LogP contribution in [0.5, 0.6) is 0 Å². The third-order valence-corrected chi connectivity index (χ3v) is 5.19. The maximum absolute atomic E-state index is 12.1. The molecular formula is C10H19N3O3S2. The molecule has 4 N–H and O–H groups in total. The molecule has 0 fully saturated rings. The van der Waals surface area contributed by atoms with E-state index >= 15 is 0 Å². The lowest BCUT2D eigenvalue weighted by Gasteiger charge is -2.24. The Labute approximate surface area is 111 Å². The van der Waals surface area contributed by atoms with E-state index in [0.29, 0.717) is 11.4 Å². The third-order valence-electron chi connectivity index (χ3n) is 2.31. The molecule has 0 amide bonds. The minimum atomic E-state index is -3.43. The summed E-state index contributed by atoms with van der Waals surface area (Å²) in [4.78, 5) is 0.0517. The molecule has 0 radical (unpaired) electrons. The molecule has 0 unspecified atom stereocenters. The molecule has 0 aliphatic heterocycles. The van der Waals surface area contributed by atoms with Gasteiger partial charge in [0.05, 0.1) is 17.9 Å². The van der Waals surface area contributed by atoms with Gasteiger partial charge >= 0.3 is 0 Å². The maximum atomic E-state index is 12.1. The topological polar surface area (TPSA) is 105 Å². The van der Waals surface area contributed by atoms with Crippen LogP contribution in [0.25, 0.3) is 0 Å². The Morgan fingerprint density at radius 2 is 2.11 bits per heavy atom. The zero-order valence-corrected chi connectivity index (χ0v) is 12.4. The summed E-state index contributed by atoms with van der Waals surface area (Å²) in [5, 5.41) is 12.6. The third kappa shape index (κ3) is 3.33. The summed E-state index contributed by atoms with van der Waals surface area (Å²) < 4.78 is 28.1. The van der Waals surface area contributed by atoms with Gasteiger partial charge in [0.1, 0.15) is 9.90 Å². The Kier molecular flexibility index (Phi) is 4.57. The second-order valence-corrected chi connectivity index (χ2v) is 7.53. The van der Waals surface area contributed by atoms with Crippen LogP contribution in [0.3, 0.4) is 0 Å². The van der Waals surface area contributed by atoms with E-state index in [0.717, 1.165) is 11.5 Å². The average Bonchev–Trinajstić information content (AvgIpc) is 2.59. The monoisotopic (exact) mass is 293 g/mol.